The highest BCUT2D eigenvalue weighted by molar-refractivity contribution is 7.11. The molecule has 1 fully saturated rings. The summed E-state index contributed by atoms with van der Waals surface area (Å²) in [6.45, 7) is 10.6. The maximum atomic E-state index is 4.56. The van der Waals surface area contributed by atoms with Crippen molar-refractivity contribution in [2.45, 2.75) is 52.6 Å². The lowest BCUT2D eigenvalue weighted by molar-refractivity contribution is 0.236. The third kappa shape index (κ3) is 4.68. The van der Waals surface area contributed by atoms with Crippen LogP contribution in [0.25, 0.3) is 0 Å². The fraction of sp³-hybridized carbons (Fsp3) is 0.750. The van der Waals surface area contributed by atoms with Crippen LogP contribution in [0.4, 0.5) is 0 Å². The zero-order valence-electron chi connectivity index (χ0n) is 14.3. The third-order valence-corrected chi connectivity index (χ3v) is 5.41. The molecule has 0 bridgehead atoms. The van der Waals surface area contributed by atoms with E-state index < -0.39 is 0 Å². The Labute approximate surface area is 138 Å². The zero-order chi connectivity index (χ0) is 15.9. The van der Waals surface area contributed by atoms with Crippen LogP contribution < -0.4 is 10.6 Å². The number of aryl methyl sites for hydroxylation is 2. The van der Waals surface area contributed by atoms with Gasteiger partial charge in [0.1, 0.15) is 5.01 Å². The fourth-order valence-electron chi connectivity index (χ4n) is 2.85. The van der Waals surface area contributed by atoms with Crippen molar-refractivity contribution in [2.24, 2.45) is 4.99 Å². The van der Waals surface area contributed by atoms with Gasteiger partial charge in [0.25, 0.3) is 0 Å². The molecule has 0 radical (unpaired) electrons. The number of nitrogens with one attached hydrogen (secondary N) is 2. The molecular weight excluding hydrogens is 294 g/mol. The lowest BCUT2D eigenvalue weighted by Gasteiger charge is -2.27. The number of hydrogen-bond acceptors (Lipinski definition) is 4. The van der Waals surface area contributed by atoms with Gasteiger partial charge in [-0.3, -0.25) is 9.89 Å². The molecule has 6 heteroatoms. The van der Waals surface area contributed by atoms with Gasteiger partial charge in [0.15, 0.2) is 5.96 Å². The highest BCUT2D eigenvalue weighted by Crippen LogP contribution is 2.16. The fourth-order valence-corrected chi connectivity index (χ4v) is 3.72. The topological polar surface area (TPSA) is 52.6 Å². The average Bonchev–Trinajstić information content (AvgIpc) is 3.14. The van der Waals surface area contributed by atoms with Crippen molar-refractivity contribution < 1.29 is 0 Å². The summed E-state index contributed by atoms with van der Waals surface area (Å²) >= 11 is 1.75. The van der Waals surface area contributed by atoms with Gasteiger partial charge in [-0.2, -0.15) is 0 Å². The standard InChI is InChI=1S/C16H29N5S/c1-5-14(21-8-6-7-9-21)10-18-16(17-4)19-11-15-20-12(2)13(3)22-15/h14H,5-11H2,1-4H3,(H2,17,18,19). The summed E-state index contributed by atoms with van der Waals surface area (Å²) in [4.78, 5) is 12.8. The molecule has 2 rings (SSSR count). The summed E-state index contributed by atoms with van der Waals surface area (Å²) in [5.74, 6) is 0.864. The summed E-state index contributed by atoms with van der Waals surface area (Å²) in [6, 6.07) is 0.602. The van der Waals surface area contributed by atoms with Gasteiger partial charge in [-0.15, -0.1) is 11.3 Å². The van der Waals surface area contributed by atoms with Crippen molar-refractivity contribution in [3.63, 3.8) is 0 Å². The molecule has 0 amide bonds. The first kappa shape index (κ1) is 17.2. The number of hydrogen-bond donors (Lipinski definition) is 2. The molecule has 1 unspecified atom stereocenters. The second kappa shape index (κ2) is 8.48. The summed E-state index contributed by atoms with van der Waals surface area (Å²) in [7, 11) is 1.82. The molecule has 2 heterocycles. The lowest BCUT2D eigenvalue weighted by atomic mass is 10.2. The summed E-state index contributed by atoms with van der Waals surface area (Å²) < 4.78 is 0. The zero-order valence-corrected chi connectivity index (χ0v) is 15.1. The molecule has 1 aliphatic rings. The lowest BCUT2D eigenvalue weighted by Crippen LogP contribution is -2.46. The van der Waals surface area contributed by atoms with E-state index >= 15 is 0 Å². The summed E-state index contributed by atoms with van der Waals surface area (Å²) in [5.41, 5.74) is 1.13. The molecule has 0 saturated carbocycles. The van der Waals surface area contributed by atoms with Gasteiger partial charge in [-0.25, -0.2) is 4.98 Å². The van der Waals surface area contributed by atoms with Crippen molar-refractivity contribution in [3.05, 3.63) is 15.6 Å². The number of aliphatic imine (C=N–C) groups is 1. The molecule has 124 valence electrons. The second-order valence-electron chi connectivity index (χ2n) is 5.86. The van der Waals surface area contributed by atoms with Gasteiger partial charge in [0, 0.05) is 24.5 Å². The summed E-state index contributed by atoms with van der Waals surface area (Å²) in [5, 5.41) is 7.94. The van der Waals surface area contributed by atoms with Gasteiger partial charge >= 0.3 is 0 Å². The molecule has 1 aliphatic heterocycles. The van der Waals surface area contributed by atoms with Gasteiger partial charge in [0.2, 0.25) is 0 Å². The molecule has 1 atom stereocenters. The van der Waals surface area contributed by atoms with E-state index in [0.29, 0.717) is 6.04 Å². The smallest absolute Gasteiger partial charge is 0.191 e. The quantitative estimate of drug-likeness (QED) is 0.623. The van der Waals surface area contributed by atoms with E-state index in [1.165, 1.54) is 37.2 Å². The molecule has 1 aromatic heterocycles. The first-order valence-electron chi connectivity index (χ1n) is 8.25. The Kier molecular flexibility index (Phi) is 6.64. The van der Waals surface area contributed by atoms with Crippen LogP contribution in [0, 0.1) is 13.8 Å². The second-order valence-corrected chi connectivity index (χ2v) is 7.15. The number of thiazole rings is 1. The van der Waals surface area contributed by atoms with Crippen LogP contribution in [-0.2, 0) is 6.54 Å². The van der Waals surface area contributed by atoms with Crippen molar-refractivity contribution in [3.8, 4) is 0 Å². The van der Waals surface area contributed by atoms with Crippen LogP contribution in [0.15, 0.2) is 4.99 Å². The molecule has 22 heavy (non-hydrogen) atoms. The number of rotatable bonds is 6. The van der Waals surface area contributed by atoms with E-state index in [-0.39, 0.29) is 0 Å². The number of guanidine groups is 1. The minimum atomic E-state index is 0.602. The van der Waals surface area contributed by atoms with Gasteiger partial charge < -0.3 is 10.6 Å². The maximum absolute atomic E-state index is 4.56. The minimum Gasteiger partial charge on any atom is -0.355 e. The molecule has 1 saturated heterocycles. The van der Waals surface area contributed by atoms with Crippen LogP contribution in [0.3, 0.4) is 0 Å². The summed E-state index contributed by atoms with van der Waals surface area (Å²) in [6.07, 6.45) is 3.85. The molecule has 0 spiro atoms. The highest BCUT2D eigenvalue weighted by atomic mass is 32.1. The van der Waals surface area contributed by atoms with E-state index in [0.717, 1.165) is 29.8 Å². The van der Waals surface area contributed by atoms with E-state index in [4.69, 9.17) is 0 Å². The van der Waals surface area contributed by atoms with Crippen molar-refractivity contribution >= 4 is 17.3 Å². The van der Waals surface area contributed by atoms with E-state index in [1.54, 1.807) is 11.3 Å². The average molecular weight is 324 g/mol. The number of nitrogens with zero attached hydrogens (tertiary/aromatic N) is 3. The van der Waals surface area contributed by atoms with Gasteiger partial charge in [-0.05, 0) is 46.2 Å². The molecule has 1 aromatic rings. The Balaban J connectivity index is 1.79. The predicted molar refractivity (Wildman–Crippen MR) is 94.7 cm³/mol. The van der Waals surface area contributed by atoms with Gasteiger partial charge in [0.05, 0.1) is 12.2 Å². The Morgan fingerprint density at radius 2 is 2.05 bits per heavy atom. The molecule has 0 aromatic carbocycles. The van der Waals surface area contributed by atoms with Crippen molar-refractivity contribution in [1.82, 2.24) is 20.5 Å². The molecule has 2 N–H and O–H groups in total. The Hall–Kier alpha value is -1.14. The normalized spacial score (nSPS) is 17.7. The Morgan fingerprint density at radius 3 is 2.59 bits per heavy atom. The SMILES string of the molecule is CCC(CNC(=NC)NCc1nc(C)c(C)s1)N1CCCC1. The van der Waals surface area contributed by atoms with Gasteiger partial charge in [-0.1, -0.05) is 6.92 Å². The first-order chi connectivity index (χ1) is 10.6. The Bertz CT molecular complexity index is 471. The molecule has 5 nitrogen and oxygen atoms in total. The van der Waals surface area contributed by atoms with Crippen molar-refractivity contribution in [1.29, 1.82) is 0 Å². The monoisotopic (exact) mass is 323 g/mol. The first-order valence-corrected chi connectivity index (χ1v) is 9.07. The van der Waals surface area contributed by atoms with Crippen LogP contribution >= 0.6 is 11.3 Å². The third-order valence-electron chi connectivity index (χ3n) is 4.34. The highest BCUT2D eigenvalue weighted by Gasteiger charge is 2.20. The number of aromatic nitrogens is 1. The Morgan fingerprint density at radius 1 is 1.32 bits per heavy atom. The van der Waals surface area contributed by atoms with E-state index in [2.05, 4.69) is 46.3 Å². The van der Waals surface area contributed by atoms with Crippen LogP contribution in [-0.4, -0.2) is 48.6 Å². The minimum absolute atomic E-state index is 0.602. The molecule has 0 aliphatic carbocycles. The maximum Gasteiger partial charge on any atom is 0.191 e. The van der Waals surface area contributed by atoms with Crippen LogP contribution in [0.2, 0.25) is 0 Å². The van der Waals surface area contributed by atoms with Crippen molar-refractivity contribution in [2.75, 3.05) is 26.7 Å². The van der Waals surface area contributed by atoms with Crippen LogP contribution in [0.5, 0.6) is 0 Å². The van der Waals surface area contributed by atoms with Crippen LogP contribution in [0.1, 0.15) is 41.8 Å². The number of likely N-dealkylation sites (tertiary alicyclic amines) is 1. The predicted octanol–water partition coefficient (Wildman–Crippen LogP) is 2.30. The van der Waals surface area contributed by atoms with E-state index in [1.807, 2.05) is 7.05 Å². The van der Waals surface area contributed by atoms with E-state index in [9.17, 15) is 0 Å². The molecular formula is C16H29N5S. The largest absolute Gasteiger partial charge is 0.355 e.